The van der Waals surface area contributed by atoms with Crippen LogP contribution in [0.1, 0.15) is 0 Å². The van der Waals surface area contributed by atoms with E-state index in [1.165, 1.54) is 0 Å². The van der Waals surface area contributed by atoms with Gasteiger partial charge in [0.1, 0.15) is 23.1 Å². The zero-order chi connectivity index (χ0) is 17.8. The summed E-state index contributed by atoms with van der Waals surface area (Å²) in [5, 5.41) is 4.17. The molecule has 6 heteroatoms. The van der Waals surface area contributed by atoms with Gasteiger partial charge in [-0.15, -0.1) is 0 Å². The van der Waals surface area contributed by atoms with E-state index in [1.54, 1.807) is 19.2 Å². The third-order valence-electron chi connectivity index (χ3n) is 3.59. The van der Waals surface area contributed by atoms with E-state index >= 15 is 0 Å². The molecule has 0 heterocycles. The lowest BCUT2D eigenvalue weighted by Crippen LogP contribution is -2.20. The van der Waals surface area contributed by atoms with E-state index in [2.05, 4.69) is 5.32 Å². The van der Waals surface area contributed by atoms with Crippen LogP contribution in [0.3, 0.4) is 0 Å². The summed E-state index contributed by atoms with van der Waals surface area (Å²) in [5.74, 6) is -0.747. The Hall–Kier alpha value is -3.15. The molecule has 3 aromatic carbocycles. The minimum Gasteiger partial charge on any atom is -0.497 e. The highest BCUT2D eigenvalue weighted by atomic mass is 19.1. The van der Waals surface area contributed by atoms with Gasteiger partial charge < -0.3 is 14.8 Å². The van der Waals surface area contributed by atoms with Gasteiger partial charge in [-0.05, 0) is 47.2 Å². The topological polar surface area (TPSA) is 47.6 Å². The first-order valence-electron chi connectivity index (χ1n) is 7.50. The number of methoxy groups -OCH3 is 1. The highest BCUT2D eigenvalue weighted by molar-refractivity contribution is 5.92. The Labute approximate surface area is 143 Å². The number of halogens is 2. The van der Waals surface area contributed by atoms with E-state index in [4.69, 9.17) is 9.47 Å². The number of fused-ring (bicyclic) bond motifs is 1. The summed E-state index contributed by atoms with van der Waals surface area (Å²) >= 11 is 0. The average Bonchev–Trinajstić information content (AvgIpc) is 2.62. The number of carbonyl (C=O) groups is 1. The predicted molar refractivity (Wildman–Crippen MR) is 91.0 cm³/mol. The quantitative estimate of drug-likeness (QED) is 0.757. The molecule has 0 spiro atoms. The van der Waals surface area contributed by atoms with E-state index in [0.717, 1.165) is 29.0 Å². The van der Waals surface area contributed by atoms with E-state index in [1.807, 2.05) is 24.3 Å². The van der Waals surface area contributed by atoms with Crippen LogP contribution in [0.5, 0.6) is 11.5 Å². The van der Waals surface area contributed by atoms with Gasteiger partial charge in [0.2, 0.25) is 0 Å². The van der Waals surface area contributed by atoms with Crippen LogP contribution >= 0.6 is 0 Å². The first-order chi connectivity index (χ1) is 12.0. The van der Waals surface area contributed by atoms with E-state index in [-0.39, 0.29) is 12.3 Å². The summed E-state index contributed by atoms with van der Waals surface area (Å²) in [7, 11) is 1.58. The molecule has 0 aliphatic heterocycles. The van der Waals surface area contributed by atoms with Crippen LogP contribution in [0.2, 0.25) is 0 Å². The average molecular weight is 343 g/mol. The van der Waals surface area contributed by atoms with Gasteiger partial charge in [0, 0.05) is 6.07 Å². The van der Waals surface area contributed by atoms with Crippen molar-refractivity contribution < 1.29 is 23.0 Å². The second-order valence-electron chi connectivity index (χ2n) is 5.34. The van der Waals surface area contributed by atoms with Crippen molar-refractivity contribution in [1.82, 2.24) is 0 Å². The van der Waals surface area contributed by atoms with Gasteiger partial charge in [-0.25, -0.2) is 8.78 Å². The molecule has 3 rings (SSSR count). The standard InChI is InChI=1S/C19H15F2NO3/c1-24-15-5-2-12-3-6-16(9-13(12)8-15)25-11-19(23)22-18-10-14(20)4-7-17(18)21/h2-10H,11H2,1H3,(H,22,23). The maximum Gasteiger partial charge on any atom is 0.262 e. The fourth-order valence-corrected chi connectivity index (χ4v) is 2.35. The van der Waals surface area contributed by atoms with Gasteiger partial charge in [0.05, 0.1) is 12.8 Å². The zero-order valence-corrected chi connectivity index (χ0v) is 13.4. The molecule has 0 aliphatic carbocycles. The normalized spacial score (nSPS) is 10.5. The van der Waals surface area contributed by atoms with Crippen molar-refractivity contribution in [2.75, 3.05) is 19.0 Å². The molecular formula is C19H15F2NO3. The summed E-state index contributed by atoms with van der Waals surface area (Å²) < 4.78 is 37.2. The van der Waals surface area contributed by atoms with Gasteiger partial charge in [-0.2, -0.15) is 0 Å². The molecule has 0 fully saturated rings. The van der Waals surface area contributed by atoms with Gasteiger partial charge in [0.25, 0.3) is 5.91 Å². The summed E-state index contributed by atoms with van der Waals surface area (Å²) in [5.41, 5.74) is -0.225. The van der Waals surface area contributed by atoms with E-state index in [0.29, 0.717) is 11.5 Å². The Bertz CT molecular complexity index is 928. The predicted octanol–water partition coefficient (Wildman–Crippen LogP) is 4.14. The third kappa shape index (κ3) is 4.03. The number of anilines is 1. The summed E-state index contributed by atoms with van der Waals surface area (Å²) in [4.78, 5) is 11.9. The smallest absolute Gasteiger partial charge is 0.262 e. The fourth-order valence-electron chi connectivity index (χ4n) is 2.35. The van der Waals surface area contributed by atoms with Gasteiger partial charge in [-0.1, -0.05) is 12.1 Å². The first-order valence-corrected chi connectivity index (χ1v) is 7.50. The number of carbonyl (C=O) groups excluding carboxylic acids is 1. The molecule has 4 nitrogen and oxygen atoms in total. The van der Waals surface area contributed by atoms with Crippen LogP contribution in [-0.4, -0.2) is 19.6 Å². The first kappa shape index (κ1) is 16.7. The molecule has 25 heavy (non-hydrogen) atoms. The van der Waals surface area contributed by atoms with Crippen molar-refractivity contribution >= 4 is 22.4 Å². The van der Waals surface area contributed by atoms with Crippen LogP contribution in [0.25, 0.3) is 10.8 Å². The molecule has 0 saturated carbocycles. The van der Waals surface area contributed by atoms with Gasteiger partial charge >= 0.3 is 0 Å². The lowest BCUT2D eigenvalue weighted by molar-refractivity contribution is -0.118. The lowest BCUT2D eigenvalue weighted by atomic mass is 10.1. The molecule has 1 amide bonds. The van der Waals surface area contributed by atoms with Crippen molar-refractivity contribution in [2.45, 2.75) is 0 Å². The molecule has 0 unspecified atom stereocenters. The summed E-state index contributed by atoms with van der Waals surface area (Å²) in [6, 6.07) is 13.8. The second-order valence-corrected chi connectivity index (χ2v) is 5.34. The highest BCUT2D eigenvalue weighted by Crippen LogP contribution is 2.25. The largest absolute Gasteiger partial charge is 0.497 e. The molecule has 128 valence electrons. The fraction of sp³-hybridized carbons (Fsp3) is 0.105. The number of ether oxygens (including phenoxy) is 2. The Balaban J connectivity index is 1.67. The Kier molecular flexibility index (Phi) is 4.79. The van der Waals surface area contributed by atoms with Gasteiger partial charge in [0.15, 0.2) is 6.61 Å². The van der Waals surface area contributed by atoms with Crippen molar-refractivity contribution in [2.24, 2.45) is 0 Å². The Morgan fingerprint density at radius 2 is 1.68 bits per heavy atom. The molecule has 0 radical (unpaired) electrons. The molecule has 1 N–H and O–H groups in total. The van der Waals surface area contributed by atoms with Crippen LogP contribution in [-0.2, 0) is 4.79 Å². The van der Waals surface area contributed by atoms with Crippen molar-refractivity contribution in [3.8, 4) is 11.5 Å². The molecule has 0 aliphatic rings. The van der Waals surface area contributed by atoms with Crippen molar-refractivity contribution in [3.05, 3.63) is 66.2 Å². The monoisotopic (exact) mass is 343 g/mol. The lowest BCUT2D eigenvalue weighted by Gasteiger charge is -2.09. The maximum atomic E-state index is 13.5. The van der Waals surface area contributed by atoms with Crippen LogP contribution in [0.4, 0.5) is 14.5 Å². The van der Waals surface area contributed by atoms with Crippen LogP contribution in [0, 0.1) is 11.6 Å². The SMILES string of the molecule is COc1ccc2ccc(OCC(=O)Nc3cc(F)ccc3F)cc2c1. The minimum atomic E-state index is -0.715. The van der Waals surface area contributed by atoms with Crippen molar-refractivity contribution in [3.63, 3.8) is 0 Å². The summed E-state index contributed by atoms with van der Waals surface area (Å²) in [6.07, 6.45) is 0. The zero-order valence-electron chi connectivity index (χ0n) is 13.4. The number of hydrogen-bond donors (Lipinski definition) is 1. The molecule has 0 saturated heterocycles. The molecule has 0 atom stereocenters. The van der Waals surface area contributed by atoms with Crippen LogP contribution < -0.4 is 14.8 Å². The number of nitrogens with one attached hydrogen (secondary N) is 1. The van der Waals surface area contributed by atoms with Crippen LogP contribution in [0.15, 0.2) is 54.6 Å². The number of benzene rings is 3. The molecular weight excluding hydrogens is 328 g/mol. The van der Waals surface area contributed by atoms with Gasteiger partial charge in [-0.3, -0.25) is 4.79 Å². The minimum absolute atomic E-state index is 0.225. The number of amides is 1. The van der Waals surface area contributed by atoms with E-state index < -0.39 is 17.5 Å². The number of hydrogen-bond acceptors (Lipinski definition) is 3. The van der Waals surface area contributed by atoms with E-state index in [9.17, 15) is 13.6 Å². The summed E-state index contributed by atoms with van der Waals surface area (Å²) in [6.45, 7) is -0.328. The third-order valence-corrected chi connectivity index (χ3v) is 3.59. The maximum absolute atomic E-state index is 13.5. The number of rotatable bonds is 5. The molecule has 0 bridgehead atoms. The highest BCUT2D eigenvalue weighted by Gasteiger charge is 2.09. The molecule has 3 aromatic rings. The van der Waals surface area contributed by atoms with Crippen molar-refractivity contribution in [1.29, 1.82) is 0 Å². The molecule has 0 aromatic heterocycles. The Morgan fingerprint density at radius 1 is 0.960 bits per heavy atom. The second kappa shape index (κ2) is 7.17. The Morgan fingerprint density at radius 3 is 2.44 bits per heavy atom.